The summed E-state index contributed by atoms with van der Waals surface area (Å²) >= 11 is 0. The van der Waals surface area contributed by atoms with Crippen molar-refractivity contribution in [1.29, 1.82) is 0 Å². The first kappa shape index (κ1) is 19.5. The first-order valence-electron chi connectivity index (χ1n) is 9.24. The van der Waals surface area contributed by atoms with Crippen molar-refractivity contribution < 1.29 is 14.6 Å². The van der Waals surface area contributed by atoms with Crippen molar-refractivity contribution >= 4 is 5.97 Å². The summed E-state index contributed by atoms with van der Waals surface area (Å²) in [6.07, 6.45) is 5.28. The second-order valence-electron chi connectivity index (χ2n) is 6.74. The van der Waals surface area contributed by atoms with E-state index in [0.717, 1.165) is 45.2 Å². The fourth-order valence-electron chi connectivity index (χ4n) is 2.91. The molecule has 25 heavy (non-hydrogen) atoms. The topological polar surface area (TPSA) is 49.8 Å². The molecule has 1 aromatic rings. The number of rotatable bonds is 6. The Morgan fingerprint density at radius 2 is 1.96 bits per heavy atom. The van der Waals surface area contributed by atoms with Gasteiger partial charge in [0.05, 0.1) is 0 Å². The number of esters is 1. The van der Waals surface area contributed by atoms with Crippen LogP contribution in [0.5, 0.6) is 0 Å². The van der Waals surface area contributed by atoms with Crippen LogP contribution < -0.4 is 0 Å². The van der Waals surface area contributed by atoms with E-state index >= 15 is 0 Å². The summed E-state index contributed by atoms with van der Waals surface area (Å²) in [5, 5.41) is 11.0. The van der Waals surface area contributed by atoms with Gasteiger partial charge in [-0.1, -0.05) is 61.9 Å². The van der Waals surface area contributed by atoms with Crippen LogP contribution in [0.1, 0.15) is 51.0 Å². The van der Waals surface area contributed by atoms with Crippen LogP contribution in [0.4, 0.5) is 0 Å². The molecule has 1 atom stereocenters. The molecule has 1 fully saturated rings. The van der Waals surface area contributed by atoms with Crippen LogP contribution in [0.3, 0.4) is 0 Å². The van der Waals surface area contributed by atoms with Gasteiger partial charge in [0.2, 0.25) is 5.60 Å². The summed E-state index contributed by atoms with van der Waals surface area (Å²) in [6, 6.07) is 8.87. The highest BCUT2D eigenvalue weighted by atomic mass is 16.6. The summed E-state index contributed by atoms with van der Waals surface area (Å²) in [5.74, 6) is 5.11. The second-order valence-corrected chi connectivity index (χ2v) is 6.74. The Balaban J connectivity index is 2.12. The Kier molecular flexibility index (Phi) is 7.49. The van der Waals surface area contributed by atoms with Crippen molar-refractivity contribution in [3.63, 3.8) is 0 Å². The number of ether oxygens (including phenoxy) is 1. The molecule has 0 spiro atoms. The lowest BCUT2D eigenvalue weighted by atomic mass is 9.94. The van der Waals surface area contributed by atoms with Gasteiger partial charge >= 0.3 is 5.97 Å². The number of likely N-dealkylation sites (tertiary alicyclic amines) is 1. The molecule has 4 heteroatoms. The maximum Gasteiger partial charge on any atom is 0.356 e. The summed E-state index contributed by atoms with van der Waals surface area (Å²) in [5.41, 5.74) is -1.42. The first-order valence-corrected chi connectivity index (χ1v) is 9.24. The number of hydrogen-bond donors (Lipinski definition) is 1. The van der Waals surface area contributed by atoms with Crippen molar-refractivity contribution in [3.8, 4) is 11.8 Å². The molecule has 1 N–H and O–H groups in total. The van der Waals surface area contributed by atoms with E-state index in [2.05, 4.69) is 30.7 Å². The lowest BCUT2D eigenvalue weighted by molar-refractivity contribution is -0.168. The number of piperidine rings is 1. The van der Waals surface area contributed by atoms with Gasteiger partial charge in [-0.05, 0) is 26.3 Å². The van der Waals surface area contributed by atoms with Gasteiger partial charge in [-0.25, -0.2) is 4.79 Å². The predicted octanol–water partition coefficient (Wildman–Crippen LogP) is 3.10. The van der Waals surface area contributed by atoms with Crippen molar-refractivity contribution in [2.45, 2.75) is 57.2 Å². The quantitative estimate of drug-likeness (QED) is 0.490. The van der Waals surface area contributed by atoms with Crippen molar-refractivity contribution in [2.75, 3.05) is 20.1 Å². The largest absolute Gasteiger partial charge is 0.459 e. The second kappa shape index (κ2) is 9.60. The Morgan fingerprint density at radius 3 is 2.60 bits per heavy atom. The first-order chi connectivity index (χ1) is 12.1. The van der Waals surface area contributed by atoms with E-state index in [1.807, 2.05) is 6.07 Å². The number of hydrogen-bond acceptors (Lipinski definition) is 4. The fourth-order valence-corrected chi connectivity index (χ4v) is 2.91. The van der Waals surface area contributed by atoms with Crippen LogP contribution in [0.25, 0.3) is 0 Å². The van der Waals surface area contributed by atoms with E-state index < -0.39 is 11.6 Å². The zero-order chi connectivity index (χ0) is 18.1. The Labute approximate surface area is 151 Å². The van der Waals surface area contributed by atoms with Gasteiger partial charge in [0, 0.05) is 25.1 Å². The third-order valence-corrected chi connectivity index (χ3v) is 4.60. The van der Waals surface area contributed by atoms with Crippen LogP contribution in [-0.2, 0) is 15.1 Å². The molecule has 0 aromatic heterocycles. The highest BCUT2D eigenvalue weighted by Crippen LogP contribution is 2.25. The van der Waals surface area contributed by atoms with E-state index in [-0.39, 0.29) is 6.10 Å². The Bertz CT molecular complexity index is 597. The molecule has 1 aliphatic rings. The molecular weight excluding hydrogens is 314 g/mol. The fraction of sp³-hybridized carbons (Fsp3) is 0.571. The number of carbonyl (C=O) groups excluding carboxylic acids is 1. The van der Waals surface area contributed by atoms with Gasteiger partial charge < -0.3 is 14.7 Å². The molecule has 1 unspecified atom stereocenters. The summed E-state index contributed by atoms with van der Waals surface area (Å²) in [7, 11) is 2.06. The summed E-state index contributed by atoms with van der Waals surface area (Å²) in [4.78, 5) is 15.0. The minimum Gasteiger partial charge on any atom is -0.459 e. The van der Waals surface area contributed by atoms with E-state index in [1.165, 1.54) is 0 Å². The third kappa shape index (κ3) is 5.59. The number of benzene rings is 1. The standard InChI is InChI=1S/C21H29NO3/c1-3-4-5-6-10-15-21(24,18-11-8-7-9-12-18)20(23)25-19-13-16-22(2)17-14-19/h7-9,11-12,19,24H,3-6,13-14,16-17H2,1-2H3. The molecule has 1 aliphatic heterocycles. The SMILES string of the molecule is CCCCCC#CC(O)(C(=O)OC1CCN(C)CC1)c1ccccc1. The zero-order valence-electron chi connectivity index (χ0n) is 15.3. The van der Waals surface area contributed by atoms with E-state index in [9.17, 15) is 9.90 Å². The van der Waals surface area contributed by atoms with Gasteiger partial charge in [0.1, 0.15) is 6.10 Å². The molecule has 1 saturated heterocycles. The monoisotopic (exact) mass is 343 g/mol. The molecule has 0 bridgehead atoms. The van der Waals surface area contributed by atoms with Crippen molar-refractivity contribution in [2.24, 2.45) is 0 Å². The van der Waals surface area contributed by atoms with Gasteiger partial charge in [-0.2, -0.15) is 0 Å². The average Bonchev–Trinajstić information content (AvgIpc) is 2.64. The molecule has 0 radical (unpaired) electrons. The van der Waals surface area contributed by atoms with Gasteiger partial charge in [-0.15, -0.1) is 0 Å². The van der Waals surface area contributed by atoms with Crippen molar-refractivity contribution in [1.82, 2.24) is 4.90 Å². The minimum absolute atomic E-state index is 0.152. The minimum atomic E-state index is -1.89. The van der Waals surface area contributed by atoms with Crippen LogP contribution in [-0.4, -0.2) is 42.2 Å². The lowest BCUT2D eigenvalue weighted by Gasteiger charge is -2.31. The smallest absolute Gasteiger partial charge is 0.356 e. The number of unbranched alkanes of at least 4 members (excludes halogenated alkanes) is 3. The molecule has 4 nitrogen and oxygen atoms in total. The third-order valence-electron chi connectivity index (χ3n) is 4.60. The highest BCUT2D eigenvalue weighted by molar-refractivity contribution is 5.85. The Morgan fingerprint density at radius 1 is 1.28 bits per heavy atom. The van der Waals surface area contributed by atoms with Crippen LogP contribution in [0, 0.1) is 11.8 Å². The Hall–Kier alpha value is -1.83. The summed E-state index contributed by atoms with van der Waals surface area (Å²) < 4.78 is 5.62. The maximum absolute atomic E-state index is 12.7. The van der Waals surface area contributed by atoms with E-state index in [4.69, 9.17) is 4.74 Å². The van der Waals surface area contributed by atoms with Gasteiger partial charge in [-0.3, -0.25) is 0 Å². The predicted molar refractivity (Wildman–Crippen MR) is 98.9 cm³/mol. The number of aliphatic hydroxyl groups is 1. The van der Waals surface area contributed by atoms with Crippen molar-refractivity contribution in [3.05, 3.63) is 35.9 Å². The molecule has 0 saturated carbocycles. The lowest BCUT2D eigenvalue weighted by Crippen LogP contribution is -2.41. The van der Waals surface area contributed by atoms with Gasteiger partial charge in [0.25, 0.3) is 0 Å². The van der Waals surface area contributed by atoms with E-state index in [1.54, 1.807) is 24.3 Å². The van der Waals surface area contributed by atoms with Crippen LogP contribution in [0.2, 0.25) is 0 Å². The molecule has 1 heterocycles. The molecule has 1 aromatic carbocycles. The average molecular weight is 343 g/mol. The normalized spacial score (nSPS) is 18.0. The molecule has 0 amide bonds. The molecule has 136 valence electrons. The van der Waals surface area contributed by atoms with Crippen LogP contribution >= 0.6 is 0 Å². The zero-order valence-corrected chi connectivity index (χ0v) is 15.3. The van der Waals surface area contributed by atoms with Gasteiger partial charge in [0.15, 0.2) is 0 Å². The highest BCUT2D eigenvalue weighted by Gasteiger charge is 2.39. The molecular formula is C21H29NO3. The molecule has 0 aliphatic carbocycles. The number of carbonyl (C=O) groups is 1. The summed E-state index contributed by atoms with van der Waals surface area (Å²) in [6.45, 7) is 3.92. The van der Waals surface area contributed by atoms with E-state index in [0.29, 0.717) is 12.0 Å². The maximum atomic E-state index is 12.7. The van der Waals surface area contributed by atoms with Crippen LogP contribution in [0.15, 0.2) is 30.3 Å². The molecule has 2 rings (SSSR count). The number of nitrogens with zero attached hydrogens (tertiary/aromatic N) is 1.